The first-order valence-corrected chi connectivity index (χ1v) is 10.8. The number of piperazine rings is 1. The fourth-order valence-electron chi connectivity index (χ4n) is 4.61. The molecule has 0 aliphatic carbocycles. The van der Waals surface area contributed by atoms with Crippen LogP contribution in [-0.4, -0.2) is 81.9 Å². The number of likely N-dealkylation sites (N-methyl/N-ethyl adjacent to an activating group) is 1. The molecule has 3 heterocycles. The highest BCUT2D eigenvalue weighted by Crippen LogP contribution is 2.34. The van der Waals surface area contributed by atoms with Gasteiger partial charge in [0.05, 0.1) is 19.7 Å². The molecular formula is C23H34N4O2. The van der Waals surface area contributed by atoms with Gasteiger partial charge < -0.3 is 24.2 Å². The van der Waals surface area contributed by atoms with Crippen LogP contribution in [0.1, 0.15) is 18.4 Å². The quantitative estimate of drug-likeness (QED) is 0.771. The summed E-state index contributed by atoms with van der Waals surface area (Å²) in [4.78, 5) is 12.5. The summed E-state index contributed by atoms with van der Waals surface area (Å²) in [5, 5.41) is 1.12. The highest BCUT2D eigenvalue weighted by Gasteiger charge is 2.24. The number of hydrogen-bond acceptors (Lipinski definition) is 6. The minimum atomic E-state index is 0.731. The third kappa shape index (κ3) is 4.43. The van der Waals surface area contributed by atoms with Crippen molar-refractivity contribution in [2.24, 2.45) is 5.92 Å². The van der Waals surface area contributed by atoms with Gasteiger partial charge in [0, 0.05) is 57.3 Å². The Kier molecular flexibility index (Phi) is 6.11. The summed E-state index contributed by atoms with van der Waals surface area (Å²) in [6.07, 6.45) is 2.49. The number of ether oxygens (including phenoxy) is 2. The van der Waals surface area contributed by atoms with E-state index in [1.165, 1.54) is 51.1 Å². The minimum absolute atomic E-state index is 0.731. The van der Waals surface area contributed by atoms with Crippen molar-refractivity contribution in [3.05, 3.63) is 23.8 Å². The number of anilines is 1. The van der Waals surface area contributed by atoms with Gasteiger partial charge in [0.1, 0.15) is 5.82 Å². The molecular weight excluding hydrogens is 364 g/mol. The Morgan fingerprint density at radius 1 is 0.931 bits per heavy atom. The van der Waals surface area contributed by atoms with Crippen molar-refractivity contribution in [3.8, 4) is 11.5 Å². The average Bonchev–Trinajstić information content (AvgIpc) is 2.75. The van der Waals surface area contributed by atoms with E-state index >= 15 is 0 Å². The molecule has 6 nitrogen and oxygen atoms in total. The van der Waals surface area contributed by atoms with E-state index in [0.717, 1.165) is 47.2 Å². The lowest BCUT2D eigenvalue weighted by Gasteiger charge is -2.38. The van der Waals surface area contributed by atoms with Gasteiger partial charge >= 0.3 is 0 Å². The van der Waals surface area contributed by atoms with Gasteiger partial charge in [-0.3, -0.25) is 0 Å². The van der Waals surface area contributed by atoms with Crippen LogP contribution in [0.3, 0.4) is 0 Å². The van der Waals surface area contributed by atoms with Crippen LogP contribution in [0.25, 0.3) is 10.9 Å². The fourth-order valence-corrected chi connectivity index (χ4v) is 4.61. The third-order valence-corrected chi connectivity index (χ3v) is 6.56. The van der Waals surface area contributed by atoms with E-state index in [1.54, 1.807) is 14.2 Å². The largest absolute Gasteiger partial charge is 0.493 e. The zero-order chi connectivity index (χ0) is 20.4. The van der Waals surface area contributed by atoms with E-state index in [2.05, 4.69) is 34.7 Å². The molecule has 0 N–H and O–H groups in total. The fraction of sp³-hybridized carbons (Fsp3) is 0.609. The summed E-state index contributed by atoms with van der Waals surface area (Å²) in [5.74, 6) is 3.37. The maximum Gasteiger partial charge on any atom is 0.162 e. The van der Waals surface area contributed by atoms with Crippen molar-refractivity contribution in [2.45, 2.75) is 19.8 Å². The number of benzene rings is 1. The molecule has 2 fully saturated rings. The van der Waals surface area contributed by atoms with Gasteiger partial charge in [-0.2, -0.15) is 0 Å². The second-order valence-electron chi connectivity index (χ2n) is 8.56. The number of rotatable bonds is 5. The van der Waals surface area contributed by atoms with Gasteiger partial charge in [0.15, 0.2) is 11.5 Å². The SMILES string of the molecule is COc1cc2nc(N3CCC(CN4CCN(C)CC4)CC3)cc(C)c2cc1OC. The van der Waals surface area contributed by atoms with Crippen LogP contribution in [0.5, 0.6) is 11.5 Å². The normalized spacial score (nSPS) is 19.7. The number of hydrogen-bond donors (Lipinski definition) is 0. The predicted molar refractivity (Wildman–Crippen MR) is 118 cm³/mol. The number of aryl methyl sites for hydroxylation is 1. The van der Waals surface area contributed by atoms with Crippen molar-refractivity contribution in [3.63, 3.8) is 0 Å². The lowest BCUT2D eigenvalue weighted by atomic mass is 9.95. The molecule has 0 amide bonds. The molecule has 1 aromatic heterocycles. The maximum atomic E-state index is 5.48. The third-order valence-electron chi connectivity index (χ3n) is 6.56. The molecule has 0 radical (unpaired) electrons. The van der Waals surface area contributed by atoms with E-state index < -0.39 is 0 Å². The van der Waals surface area contributed by atoms with E-state index in [1.807, 2.05) is 12.1 Å². The molecule has 6 heteroatoms. The summed E-state index contributed by atoms with van der Waals surface area (Å²) in [6, 6.07) is 6.24. The first kappa shape index (κ1) is 20.2. The molecule has 4 rings (SSSR count). The molecule has 158 valence electrons. The summed E-state index contributed by atoms with van der Waals surface area (Å²) < 4.78 is 10.9. The van der Waals surface area contributed by atoms with Crippen LogP contribution in [0, 0.1) is 12.8 Å². The van der Waals surface area contributed by atoms with Crippen LogP contribution in [0.15, 0.2) is 18.2 Å². The zero-order valence-corrected chi connectivity index (χ0v) is 18.3. The van der Waals surface area contributed by atoms with Crippen molar-refractivity contribution in [1.29, 1.82) is 0 Å². The summed E-state index contributed by atoms with van der Waals surface area (Å²) in [6.45, 7) is 10.4. The standard InChI is InChI=1S/C23H34N4O2/c1-17-13-23(24-20-15-22(29-4)21(28-3)14-19(17)20)27-7-5-18(6-8-27)16-26-11-9-25(2)10-12-26/h13-15,18H,5-12,16H2,1-4H3. The zero-order valence-electron chi connectivity index (χ0n) is 18.3. The molecule has 0 saturated carbocycles. The molecule has 29 heavy (non-hydrogen) atoms. The van der Waals surface area contributed by atoms with E-state index in [0.29, 0.717) is 0 Å². The molecule has 0 bridgehead atoms. The molecule has 0 atom stereocenters. The topological polar surface area (TPSA) is 41.1 Å². The minimum Gasteiger partial charge on any atom is -0.493 e. The Labute approximate surface area is 174 Å². The Hall–Kier alpha value is -2.05. The van der Waals surface area contributed by atoms with Gasteiger partial charge in [-0.1, -0.05) is 0 Å². The molecule has 0 unspecified atom stereocenters. The second kappa shape index (κ2) is 8.76. The highest BCUT2D eigenvalue weighted by atomic mass is 16.5. The summed E-state index contributed by atoms with van der Waals surface area (Å²) in [7, 11) is 5.57. The number of nitrogens with zero attached hydrogens (tertiary/aromatic N) is 4. The van der Waals surface area contributed by atoms with Crippen LogP contribution in [0.2, 0.25) is 0 Å². The summed E-state index contributed by atoms with van der Waals surface area (Å²) >= 11 is 0. The van der Waals surface area contributed by atoms with E-state index in [4.69, 9.17) is 14.5 Å². The number of aromatic nitrogens is 1. The molecule has 2 aliphatic heterocycles. The van der Waals surface area contributed by atoms with Gasteiger partial charge in [-0.05, 0) is 50.4 Å². The van der Waals surface area contributed by atoms with Crippen molar-refractivity contribution in [2.75, 3.05) is 72.0 Å². The second-order valence-corrected chi connectivity index (χ2v) is 8.56. The van der Waals surface area contributed by atoms with Crippen LogP contribution >= 0.6 is 0 Å². The molecule has 1 aromatic carbocycles. The van der Waals surface area contributed by atoms with Gasteiger partial charge in [-0.25, -0.2) is 4.98 Å². The number of piperidine rings is 1. The Morgan fingerprint density at radius 3 is 2.24 bits per heavy atom. The monoisotopic (exact) mass is 398 g/mol. The number of methoxy groups -OCH3 is 2. The number of fused-ring (bicyclic) bond motifs is 1. The van der Waals surface area contributed by atoms with E-state index in [9.17, 15) is 0 Å². The first-order chi connectivity index (χ1) is 14.1. The van der Waals surface area contributed by atoms with Crippen molar-refractivity contribution in [1.82, 2.24) is 14.8 Å². The number of pyridine rings is 1. The summed E-state index contributed by atoms with van der Waals surface area (Å²) in [5.41, 5.74) is 2.20. The Bertz CT molecular complexity index is 840. The highest BCUT2D eigenvalue weighted by molar-refractivity contribution is 5.87. The van der Waals surface area contributed by atoms with Gasteiger partial charge in [0.2, 0.25) is 0 Å². The maximum absolute atomic E-state index is 5.48. The lowest BCUT2D eigenvalue weighted by Crippen LogP contribution is -2.47. The smallest absolute Gasteiger partial charge is 0.162 e. The van der Waals surface area contributed by atoms with Crippen LogP contribution < -0.4 is 14.4 Å². The van der Waals surface area contributed by atoms with Gasteiger partial charge in [-0.15, -0.1) is 0 Å². The predicted octanol–water partition coefficient (Wildman–Crippen LogP) is 3.02. The van der Waals surface area contributed by atoms with Gasteiger partial charge in [0.25, 0.3) is 0 Å². The average molecular weight is 399 g/mol. The molecule has 2 saturated heterocycles. The molecule has 0 spiro atoms. The Balaban J connectivity index is 1.44. The Morgan fingerprint density at radius 2 is 1.59 bits per heavy atom. The first-order valence-electron chi connectivity index (χ1n) is 10.8. The molecule has 2 aromatic rings. The van der Waals surface area contributed by atoms with Crippen molar-refractivity contribution >= 4 is 16.7 Å². The van der Waals surface area contributed by atoms with Crippen molar-refractivity contribution < 1.29 is 9.47 Å². The van der Waals surface area contributed by atoms with Crippen LogP contribution in [0.4, 0.5) is 5.82 Å². The lowest BCUT2D eigenvalue weighted by molar-refractivity contribution is 0.129. The van der Waals surface area contributed by atoms with E-state index in [-0.39, 0.29) is 0 Å². The van der Waals surface area contributed by atoms with Crippen LogP contribution in [-0.2, 0) is 0 Å². The molecule has 2 aliphatic rings.